The molecule has 0 fully saturated rings. The number of fused-ring (bicyclic) bond motifs is 2. The summed E-state index contributed by atoms with van der Waals surface area (Å²) in [6, 6.07) is 20.0. The maximum Gasteiger partial charge on any atom is 0.262 e. The number of hydrogen-bond acceptors (Lipinski definition) is 5. The molecule has 2 unspecified atom stereocenters. The number of thiazole rings is 1. The molecule has 6 nitrogen and oxygen atoms in total. The molecule has 3 aromatic carbocycles. The molecule has 1 N–H and O–H groups in total. The number of hydrogen-bond donors (Lipinski definition) is 1. The molecule has 1 aromatic heterocycles. The van der Waals surface area contributed by atoms with Gasteiger partial charge in [0.25, 0.3) is 11.8 Å². The minimum absolute atomic E-state index is 0.220. The zero-order valence-electron chi connectivity index (χ0n) is 18.8. The third kappa shape index (κ3) is 3.78. The van der Waals surface area contributed by atoms with Gasteiger partial charge in [0, 0.05) is 10.9 Å². The highest BCUT2D eigenvalue weighted by Crippen LogP contribution is 2.31. The SMILES string of the molecule is CCC(C)C(C(=O)Nc1nc(-c2ccc3ccccc3c2)cs1)N1C(=O)c2ccccc2C1=O. The first-order valence-corrected chi connectivity index (χ1v) is 12.1. The number of anilines is 1. The molecule has 2 heterocycles. The van der Waals surface area contributed by atoms with Gasteiger partial charge < -0.3 is 5.32 Å². The highest BCUT2D eigenvalue weighted by Gasteiger charge is 2.44. The van der Waals surface area contributed by atoms with Crippen molar-refractivity contribution < 1.29 is 14.4 Å². The van der Waals surface area contributed by atoms with Gasteiger partial charge in [-0.25, -0.2) is 4.98 Å². The second-order valence-corrected chi connectivity index (χ2v) is 9.30. The van der Waals surface area contributed by atoms with Crippen LogP contribution in [0.25, 0.3) is 22.0 Å². The number of imide groups is 1. The van der Waals surface area contributed by atoms with Gasteiger partial charge in [0.1, 0.15) is 6.04 Å². The summed E-state index contributed by atoms with van der Waals surface area (Å²) in [6.07, 6.45) is 0.631. The number of amides is 3. The Balaban J connectivity index is 1.40. The Kier molecular flexibility index (Phi) is 5.71. The zero-order valence-corrected chi connectivity index (χ0v) is 19.6. The average Bonchev–Trinajstić information content (AvgIpc) is 3.42. The second-order valence-electron chi connectivity index (χ2n) is 8.45. The minimum atomic E-state index is -0.926. The topological polar surface area (TPSA) is 79.4 Å². The first-order chi connectivity index (χ1) is 16.5. The van der Waals surface area contributed by atoms with Crippen molar-refractivity contribution in [3.8, 4) is 11.3 Å². The van der Waals surface area contributed by atoms with Crippen LogP contribution in [0.15, 0.2) is 72.1 Å². The van der Waals surface area contributed by atoms with Gasteiger partial charge in [0.15, 0.2) is 5.13 Å². The highest BCUT2D eigenvalue weighted by atomic mass is 32.1. The van der Waals surface area contributed by atoms with Gasteiger partial charge in [0.2, 0.25) is 5.91 Å². The van der Waals surface area contributed by atoms with Gasteiger partial charge in [-0.1, -0.05) is 68.8 Å². The molecule has 3 amide bonds. The van der Waals surface area contributed by atoms with Crippen LogP contribution in [0, 0.1) is 5.92 Å². The smallest absolute Gasteiger partial charge is 0.262 e. The van der Waals surface area contributed by atoms with E-state index in [4.69, 9.17) is 0 Å². The van der Waals surface area contributed by atoms with Crippen molar-refractivity contribution in [2.24, 2.45) is 5.92 Å². The predicted octanol–water partition coefficient (Wildman–Crippen LogP) is 5.61. The summed E-state index contributed by atoms with van der Waals surface area (Å²) >= 11 is 1.31. The van der Waals surface area contributed by atoms with E-state index in [1.54, 1.807) is 24.3 Å². The lowest BCUT2D eigenvalue weighted by Crippen LogP contribution is -2.50. The van der Waals surface area contributed by atoms with Crippen molar-refractivity contribution in [3.63, 3.8) is 0 Å². The first-order valence-electron chi connectivity index (χ1n) is 11.2. The van der Waals surface area contributed by atoms with E-state index in [-0.39, 0.29) is 5.92 Å². The maximum atomic E-state index is 13.4. The monoisotopic (exact) mass is 469 g/mol. The Bertz CT molecular complexity index is 1390. The van der Waals surface area contributed by atoms with Crippen molar-refractivity contribution >= 4 is 45.0 Å². The fourth-order valence-corrected chi connectivity index (χ4v) is 5.03. The van der Waals surface area contributed by atoms with Crippen molar-refractivity contribution in [2.45, 2.75) is 26.3 Å². The molecule has 1 aliphatic heterocycles. The van der Waals surface area contributed by atoms with E-state index < -0.39 is 23.8 Å². The molecule has 4 aromatic rings. The number of benzene rings is 3. The number of aromatic nitrogens is 1. The van der Waals surface area contributed by atoms with Crippen LogP contribution in [0.1, 0.15) is 41.0 Å². The predicted molar refractivity (Wildman–Crippen MR) is 134 cm³/mol. The molecule has 5 rings (SSSR count). The third-order valence-electron chi connectivity index (χ3n) is 6.33. The van der Waals surface area contributed by atoms with Gasteiger partial charge in [0.05, 0.1) is 16.8 Å². The molecule has 0 radical (unpaired) electrons. The Morgan fingerprint density at radius 2 is 1.62 bits per heavy atom. The average molecular weight is 470 g/mol. The minimum Gasteiger partial charge on any atom is -0.300 e. The van der Waals surface area contributed by atoms with Crippen molar-refractivity contribution in [3.05, 3.63) is 83.2 Å². The third-order valence-corrected chi connectivity index (χ3v) is 7.09. The molecule has 0 spiro atoms. The van der Waals surface area contributed by atoms with Crippen LogP contribution in [0.5, 0.6) is 0 Å². The molecular formula is C27H23N3O3S. The van der Waals surface area contributed by atoms with E-state index in [1.807, 2.05) is 49.6 Å². The van der Waals surface area contributed by atoms with Crippen molar-refractivity contribution in [1.29, 1.82) is 0 Å². The van der Waals surface area contributed by atoms with E-state index in [9.17, 15) is 14.4 Å². The lowest BCUT2D eigenvalue weighted by Gasteiger charge is -2.29. The Labute approximate surface area is 201 Å². The number of carbonyl (C=O) groups is 3. The van der Waals surface area contributed by atoms with Crippen LogP contribution in [-0.4, -0.2) is 33.6 Å². The fraction of sp³-hybridized carbons (Fsp3) is 0.185. The van der Waals surface area contributed by atoms with E-state index in [0.29, 0.717) is 22.7 Å². The maximum absolute atomic E-state index is 13.4. The van der Waals surface area contributed by atoms with Gasteiger partial charge in [-0.05, 0) is 34.9 Å². The number of carbonyl (C=O) groups excluding carboxylic acids is 3. The van der Waals surface area contributed by atoms with Crippen LogP contribution < -0.4 is 5.32 Å². The second kappa shape index (κ2) is 8.83. The standard InChI is InChI=1S/C27H23N3O3S/c1-3-16(2)23(30-25(32)20-10-6-7-11-21(20)26(30)33)24(31)29-27-28-22(15-34-27)19-13-12-17-8-4-5-9-18(17)14-19/h4-16,23H,3H2,1-2H3,(H,28,29,31). The number of rotatable bonds is 6. The summed E-state index contributed by atoms with van der Waals surface area (Å²) in [4.78, 5) is 45.1. The lowest BCUT2D eigenvalue weighted by molar-refractivity contribution is -0.121. The van der Waals surface area contributed by atoms with Crippen molar-refractivity contribution in [2.75, 3.05) is 5.32 Å². The van der Waals surface area contributed by atoms with Crippen LogP contribution in [0.4, 0.5) is 5.13 Å². The fourth-order valence-electron chi connectivity index (χ4n) is 4.31. The summed E-state index contributed by atoms with van der Waals surface area (Å²) in [6.45, 7) is 3.81. The summed E-state index contributed by atoms with van der Waals surface area (Å²) in [5, 5.41) is 7.43. The van der Waals surface area contributed by atoms with Crippen LogP contribution in [-0.2, 0) is 4.79 Å². The summed E-state index contributed by atoms with van der Waals surface area (Å²) in [5.74, 6) is -1.50. The van der Waals surface area contributed by atoms with Gasteiger partial charge >= 0.3 is 0 Å². The van der Waals surface area contributed by atoms with Gasteiger partial charge in [-0.15, -0.1) is 11.3 Å². The molecule has 170 valence electrons. The molecule has 1 aliphatic rings. The molecule has 7 heteroatoms. The van der Waals surface area contributed by atoms with E-state index >= 15 is 0 Å². The molecule has 0 saturated heterocycles. The quantitative estimate of drug-likeness (QED) is 0.372. The zero-order chi connectivity index (χ0) is 23.8. The molecule has 0 aliphatic carbocycles. The van der Waals surface area contributed by atoms with Gasteiger partial charge in [-0.3, -0.25) is 19.3 Å². The number of nitrogens with zero attached hydrogens (tertiary/aromatic N) is 2. The Morgan fingerprint density at radius 3 is 2.29 bits per heavy atom. The molecule has 2 atom stereocenters. The molecule has 0 saturated carbocycles. The Morgan fingerprint density at radius 1 is 0.971 bits per heavy atom. The Hall–Kier alpha value is -3.84. The van der Waals surface area contributed by atoms with E-state index in [1.165, 1.54) is 11.3 Å². The molecule has 34 heavy (non-hydrogen) atoms. The molecule has 0 bridgehead atoms. The van der Waals surface area contributed by atoms with Crippen molar-refractivity contribution in [1.82, 2.24) is 9.88 Å². The first kappa shape index (κ1) is 22.0. The summed E-state index contributed by atoms with van der Waals surface area (Å²) < 4.78 is 0. The van der Waals surface area contributed by atoms with Crippen LogP contribution >= 0.6 is 11.3 Å². The van der Waals surface area contributed by atoms with Crippen LogP contribution in [0.3, 0.4) is 0 Å². The number of nitrogens with one attached hydrogen (secondary N) is 1. The van der Waals surface area contributed by atoms with E-state index in [2.05, 4.69) is 22.4 Å². The largest absolute Gasteiger partial charge is 0.300 e. The summed E-state index contributed by atoms with van der Waals surface area (Å²) in [7, 11) is 0. The van der Waals surface area contributed by atoms with Crippen LogP contribution in [0.2, 0.25) is 0 Å². The van der Waals surface area contributed by atoms with Gasteiger partial charge in [-0.2, -0.15) is 0 Å². The summed E-state index contributed by atoms with van der Waals surface area (Å²) in [5.41, 5.74) is 2.38. The molecular weight excluding hydrogens is 446 g/mol. The normalized spacial score (nSPS) is 14.8. The van der Waals surface area contributed by atoms with E-state index in [0.717, 1.165) is 26.9 Å². The highest BCUT2D eigenvalue weighted by molar-refractivity contribution is 7.14. The lowest BCUT2D eigenvalue weighted by atomic mass is 9.96.